The molecule has 1 aliphatic heterocycles. The lowest BCUT2D eigenvalue weighted by Gasteiger charge is -2.26. The fourth-order valence-corrected chi connectivity index (χ4v) is 4.21. The number of barbiturate groups is 1. The predicted octanol–water partition coefficient (Wildman–Crippen LogP) is 5.00. The van der Waals surface area contributed by atoms with Crippen molar-refractivity contribution >= 4 is 64.4 Å². The molecule has 0 unspecified atom stereocenters. The van der Waals surface area contributed by atoms with E-state index in [2.05, 4.69) is 10.6 Å². The quantitative estimate of drug-likeness (QED) is 0.282. The standard InChI is InChI=1S/C28H23Cl2N3O7/c1-15-4-5-17(13-21(15)29)31-24(34)14-40-25-22(30)11-16(12-23(25)39-3)10-20-26(35)32-28(37)33(27(20)36)18-6-8-19(38-2)9-7-18/h4-13H,14H2,1-3H3,(H,31,34)(H,32,35,37)/b20-10+. The average molecular weight is 584 g/mol. The van der Waals surface area contributed by atoms with Crippen molar-refractivity contribution in [2.24, 2.45) is 0 Å². The van der Waals surface area contributed by atoms with Crippen LogP contribution in [-0.4, -0.2) is 44.6 Å². The topological polar surface area (TPSA) is 123 Å². The van der Waals surface area contributed by atoms with Gasteiger partial charge in [0.15, 0.2) is 18.1 Å². The number of imide groups is 2. The molecule has 10 nitrogen and oxygen atoms in total. The molecule has 1 heterocycles. The normalized spacial score (nSPS) is 14.2. The van der Waals surface area contributed by atoms with Crippen LogP contribution in [0, 0.1) is 6.92 Å². The van der Waals surface area contributed by atoms with Crippen molar-refractivity contribution in [1.29, 1.82) is 0 Å². The van der Waals surface area contributed by atoms with E-state index in [1.807, 2.05) is 6.92 Å². The van der Waals surface area contributed by atoms with Gasteiger partial charge in [0.2, 0.25) is 0 Å². The molecular weight excluding hydrogens is 561 g/mol. The predicted molar refractivity (Wildman–Crippen MR) is 150 cm³/mol. The number of aryl methyl sites for hydroxylation is 1. The maximum absolute atomic E-state index is 13.2. The second kappa shape index (κ2) is 12.1. The summed E-state index contributed by atoms with van der Waals surface area (Å²) in [5.41, 5.74) is 1.62. The zero-order valence-corrected chi connectivity index (χ0v) is 23.1. The lowest BCUT2D eigenvalue weighted by molar-refractivity contribution is -0.122. The Hall–Kier alpha value is -4.54. The van der Waals surface area contributed by atoms with Gasteiger partial charge in [0, 0.05) is 10.7 Å². The van der Waals surface area contributed by atoms with Gasteiger partial charge in [0.25, 0.3) is 17.7 Å². The number of carbonyl (C=O) groups is 4. The Labute approximate surface area is 239 Å². The highest BCUT2D eigenvalue weighted by Crippen LogP contribution is 2.37. The summed E-state index contributed by atoms with van der Waals surface area (Å²) in [4.78, 5) is 51.4. The zero-order chi connectivity index (χ0) is 29.0. The van der Waals surface area contributed by atoms with Crippen molar-refractivity contribution in [3.05, 3.63) is 81.3 Å². The van der Waals surface area contributed by atoms with Crippen molar-refractivity contribution in [3.8, 4) is 17.2 Å². The molecule has 206 valence electrons. The van der Waals surface area contributed by atoms with E-state index >= 15 is 0 Å². The van der Waals surface area contributed by atoms with E-state index in [4.69, 9.17) is 37.4 Å². The highest BCUT2D eigenvalue weighted by Gasteiger charge is 2.37. The van der Waals surface area contributed by atoms with Crippen molar-refractivity contribution in [2.45, 2.75) is 6.92 Å². The van der Waals surface area contributed by atoms with E-state index in [-0.39, 0.29) is 34.4 Å². The fraction of sp³-hybridized carbons (Fsp3) is 0.143. The number of hydrogen-bond acceptors (Lipinski definition) is 7. The Kier molecular flexibility index (Phi) is 8.61. The molecule has 40 heavy (non-hydrogen) atoms. The van der Waals surface area contributed by atoms with Crippen LogP contribution in [0.3, 0.4) is 0 Å². The number of nitrogens with zero attached hydrogens (tertiary/aromatic N) is 1. The summed E-state index contributed by atoms with van der Waals surface area (Å²) in [6, 6.07) is 13.3. The molecule has 0 atom stereocenters. The maximum Gasteiger partial charge on any atom is 0.335 e. The van der Waals surface area contributed by atoms with E-state index in [1.165, 1.54) is 44.6 Å². The van der Waals surface area contributed by atoms with Gasteiger partial charge >= 0.3 is 6.03 Å². The first-order valence-corrected chi connectivity index (χ1v) is 12.5. The Balaban J connectivity index is 1.54. The molecular formula is C28H23Cl2N3O7. The number of rotatable bonds is 8. The fourth-order valence-electron chi connectivity index (χ4n) is 3.76. The first-order valence-electron chi connectivity index (χ1n) is 11.7. The minimum atomic E-state index is -0.886. The summed E-state index contributed by atoms with van der Waals surface area (Å²) in [6.07, 6.45) is 1.27. The van der Waals surface area contributed by atoms with E-state index in [1.54, 1.807) is 30.3 Å². The maximum atomic E-state index is 13.2. The second-order valence-electron chi connectivity index (χ2n) is 8.49. The number of amides is 5. The van der Waals surface area contributed by atoms with Gasteiger partial charge in [-0.3, -0.25) is 19.7 Å². The molecule has 0 radical (unpaired) electrons. The number of methoxy groups -OCH3 is 2. The number of nitrogens with one attached hydrogen (secondary N) is 2. The van der Waals surface area contributed by atoms with Gasteiger partial charge in [-0.25, -0.2) is 9.69 Å². The third kappa shape index (κ3) is 6.19. The summed E-state index contributed by atoms with van der Waals surface area (Å²) in [5.74, 6) is -1.40. The van der Waals surface area contributed by atoms with Gasteiger partial charge in [0.05, 0.1) is 24.9 Å². The number of halogens is 2. The summed E-state index contributed by atoms with van der Waals surface area (Å²) in [5, 5.41) is 5.40. The van der Waals surface area contributed by atoms with Crippen LogP contribution >= 0.6 is 23.2 Å². The summed E-state index contributed by atoms with van der Waals surface area (Å²) >= 11 is 12.5. The van der Waals surface area contributed by atoms with E-state index in [0.29, 0.717) is 22.0 Å². The molecule has 1 fully saturated rings. The molecule has 0 bridgehead atoms. The summed E-state index contributed by atoms with van der Waals surface area (Å²) < 4.78 is 16.1. The molecule has 4 rings (SSSR count). The number of urea groups is 1. The zero-order valence-electron chi connectivity index (χ0n) is 21.5. The van der Waals surface area contributed by atoms with Gasteiger partial charge in [0.1, 0.15) is 11.3 Å². The molecule has 3 aromatic carbocycles. The minimum Gasteiger partial charge on any atom is -0.497 e. The van der Waals surface area contributed by atoms with Crippen LogP contribution in [0.2, 0.25) is 10.0 Å². The average Bonchev–Trinajstić information content (AvgIpc) is 2.92. The van der Waals surface area contributed by atoms with Crippen LogP contribution in [0.15, 0.2) is 60.2 Å². The first kappa shape index (κ1) is 28.5. The van der Waals surface area contributed by atoms with Crippen LogP contribution in [0.5, 0.6) is 17.2 Å². The van der Waals surface area contributed by atoms with Crippen molar-refractivity contribution in [2.75, 3.05) is 31.0 Å². The van der Waals surface area contributed by atoms with E-state index < -0.39 is 23.8 Å². The highest BCUT2D eigenvalue weighted by atomic mass is 35.5. The molecule has 1 saturated heterocycles. The molecule has 2 N–H and O–H groups in total. The second-order valence-corrected chi connectivity index (χ2v) is 9.31. The third-order valence-corrected chi connectivity index (χ3v) is 6.49. The van der Waals surface area contributed by atoms with E-state index in [9.17, 15) is 19.2 Å². The Morgan fingerprint density at radius 1 is 0.975 bits per heavy atom. The van der Waals surface area contributed by atoms with Crippen molar-refractivity contribution in [3.63, 3.8) is 0 Å². The van der Waals surface area contributed by atoms with E-state index in [0.717, 1.165) is 10.5 Å². The highest BCUT2D eigenvalue weighted by molar-refractivity contribution is 6.39. The SMILES string of the molecule is COc1ccc(N2C(=O)NC(=O)/C(=C\c3cc(Cl)c(OCC(=O)Nc4ccc(C)c(Cl)c4)c(OC)c3)C2=O)cc1. The molecule has 0 aliphatic carbocycles. The molecule has 12 heteroatoms. The van der Waals surface area contributed by atoms with Crippen LogP contribution < -0.4 is 29.7 Å². The first-order chi connectivity index (χ1) is 19.1. The van der Waals surface area contributed by atoms with Crippen LogP contribution in [0.1, 0.15) is 11.1 Å². The van der Waals surface area contributed by atoms with Crippen molar-refractivity contribution < 1.29 is 33.4 Å². The Morgan fingerprint density at radius 2 is 1.70 bits per heavy atom. The molecule has 0 saturated carbocycles. The monoisotopic (exact) mass is 583 g/mol. The third-order valence-electron chi connectivity index (χ3n) is 5.80. The number of carbonyl (C=O) groups excluding carboxylic acids is 4. The van der Waals surface area contributed by atoms with Gasteiger partial charge < -0.3 is 19.5 Å². The number of anilines is 2. The Bertz CT molecular complexity index is 1540. The number of ether oxygens (including phenoxy) is 3. The number of benzene rings is 3. The van der Waals surface area contributed by atoms with Gasteiger partial charge in [-0.05, 0) is 72.7 Å². The van der Waals surface area contributed by atoms with Gasteiger partial charge in [-0.15, -0.1) is 0 Å². The van der Waals surface area contributed by atoms with Gasteiger partial charge in [-0.2, -0.15) is 0 Å². The molecule has 0 aromatic heterocycles. The molecule has 5 amide bonds. The largest absolute Gasteiger partial charge is 0.497 e. The minimum absolute atomic E-state index is 0.0594. The van der Waals surface area contributed by atoms with Crippen LogP contribution in [0.25, 0.3) is 6.08 Å². The van der Waals surface area contributed by atoms with Crippen LogP contribution in [0.4, 0.5) is 16.2 Å². The lowest BCUT2D eigenvalue weighted by Crippen LogP contribution is -2.54. The van der Waals surface area contributed by atoms with Gasteiger partial charge in [-0.1, -0.05) is 29.3 Å². The molecule has 3 aromatic rings. The smallest absolute Gasteiger partial charge is 0.335 e. The van der Waals surface area contributed by atoms with Crippen LogP contribution in [-0.2, 0) is 14.4 Å². The lowest BCUT2D eigenvalue weighted by atomic mass is 10.1. The summed E-state index contributed by atoms with van der Waals surface area (Å²) in [7, 11) is 2.85. The Morgan fingerprint density at radius 3 is 2.35 bits per heavy atom. The molecule has 1 aliphatic rings. The van der Waals surface area contributed by atoms with Crippen molar-refractivity contribution in [1.82, 2.24) is 5.32 Å². The summed E-state index contributed by atoms with van der Waals surface area (Å²) in [6.45, 7) is 1.46. The molecule has 0 spiro atoms. The number of hydrogen-bond donors (Lipinski definition) is 2.